The fourth-order valence-electron chi connectivity index (χ4n) is 2.47. The number of amides is 2. The molecular weight excluding hydrogens is 364 g/mol. The Hall–Kier alpha value is -2.44. The van der Waals surface area contributed by atoms with Gasteiger partial charge in [-0.1, -0.05) is 72.0 Å². The van der Waals surface area contributed by atoms with Crippen molar-refractivity contribution in [3.63, 3.8) is 0 Å². The van der Waals surface area contributed by atoms with Gasteiger partial charge in [0.2, 0.25) is 5.91 Å². The highest BCUT2D eigenvalue weighted by molar-refractivity contribution is 8.26. The van der Waals surface area contributed by atoms with E-state index >= 15 is 0 Å². The van der Waals surface area contributed by atoms with Crippen LogP contribution in [0.2, 0.25) is 0 Å². The molecule has 1 aliphatic heterocycles. The Labute approximate surface area is 162 Å². The number of benzene rings is 2. The normalized spacial score (nSPS) is 15.6. The third-order valence-corrected chi connectivity index (χ3v) is 5.25. The molecule has 0 spiro atoms. The standard InChI is InChI=1S/C20H18N2O2S2/c1-14-7-9-15(10-8-14)13-17-19(24)22(20(25)26-17)12-11-18(23)21-16-5-3-2-4-6-16/h2-10,13H,11-12H2,1H3,(H,21,23)/b17-13-. The lowest BCUT2D eigenvalue weighted by Gasteiger charge is -2.14. The average Bonchev–Trinajstić information content (AvgIpc) is 2.89. The second-order valence-corrected chi connectivity index (χ2v) is 7.58. The van der Waals surface area contributed by atoms with Crippen LogP contribution in [-0.4, -0.2) is 27.6 Å². The molecule has 26 heavy (non-hydrogen) atoms. The van der Waals surface area contributed by atoms with Gasteiger partial charge in [0, 0.05) is 18.7 Å². The van der Waals surface area contributed by atoms with Crippen molar-refractivity contribution in [2.75, 3.05) is 11.9 Å². The molecule has 1 heterocycles. The van der Waals surface area contributed by atoms with Crippen molar-refractivity contribution < 1.29 is 9.59 Å². The molecule has 1 N–H and O–H groups in total. The van der Waals surface area contributed by atoms with Gasteiger partial charge in [-0.05, 0) is 30.7 Å². The van der Waals surface area contributed by atoms with E-state index in [2.05, 4.69) is 5.32 Å². The summed E-state index contributed by atoms with van der Waals surface area (Å²) < 4.78 is 0.487. The van der Waals surface area contributed by atoms with Crippen molar-refractivity contribution in [3.8, 4) is 0 Å². The average molecular weight is 383 g/mol. The van der Waals surface area contributed by atoms with Crippen LogP contribution in [0.25, 0.3) is 6.08 Å². The molecule has 0 radical (unpaired) electrons. The third kappa shape index (κ3) is 4.59. The summed E-state index contributed by atoms with van der Waals surface area (Å²) in [5.74, 6) is -0.291. The fraction of sp³-hybridized carbons (Fsp3) is 0.150. The first-order valence-corrected chi connectivity index (χ1v) is 9.42. The third-order valence-electron chi connectivity index (χ3n) is 3.87. The molecule has 0 aliphatic carbocycles. The maximum atomic E-state index is 12.6. The number of thioether (sulfide) groups is 1. The summed E-state index contributed by atoms with van der Waals surface area (Å²) in [6.45, 7) is 2.29. The minimum Gasteiger partial charge on any atom is -0.326 e. The van der Waals surface area contributed by atoms with Gasteiger partial charge in [-0.3, -0.25) is 14.5 Å². The second-order valence-electron chi connectivity index (χ2n) is 5.91. The summed E-state index contributed by atoms with van der Waals surface area (Å²) in [5, 5.41) is 2.81. The SMILES string of the molecule is Cc1ccc(/C=C2\SC(=S)N(CCC(=O)Nc3ccccc3)C2=O)cc1. The van der Waals surface area contributed by atoms with Crippen molar-refractivity contribution in [2.24, 2.45) is 0 Å². The zero-order valence-corrected chi connectivity index (χ0v) is 15.9. The van der Waals surface area contributed by atoms with E-state index in [1.54, 1.807) is 0 Å². The lowest BCUT2D eigenvalue weighted by atomic mass is 10.1. The Morgan fingerprint density at radius 3 is 2.54 bits per heavy atom. The van der Waals surface area contributed by atoms with Crippen LogP contribution in [0.15, 0.2) is 59.5 Å². The molecule has 2 aromatic rings. The van der Waals surface area contributed by atoms with Crippen molar-refractivity contribution in [2.45, 2.75) is 13.3 Å². The van der Waals surface area contributed by atoms with Gasteiger partial charge in [-0.2, -0.15) is 0 Å². The predicted octanol–water partition coefficient (Wildman–Crippen LogP) is 4.23. The van der Waals surface area contributed by atoms with Crippen LogP contribution in [0, 0.1) is 6.92 Å². The van der Waals surface area contributed by atoms with Gasteiger partial charge in [0.25, 0.3) is 5.91 Å². The molecule has 2 amide bonds. The highest BCUT2D eigenvalue weighted by Gasteiger charge is 2.32. The molecule has 2 aromatic carbocycles. The van der Waals surface area contributed by atoms with E-state index in [-0.39, 0.29) is 24.8 Å². The number of hydrogen-bond acceptors (Lipinski definition) is 4. The number of aryl methyl sites for hydroxylation is 1. The van der Waals surface area contributed by atoms with Gasteiger partial charge >= 0.3 is 0 Å². The number of thiocarbonyl (C=S) groups is 1. The van der Waals surface area contributed by atoms with Crippen molar-refractivity contribution in [1.82, 2.24) is 4.90 Å². The molecule has 0 atom stereocenters. The van der Waals surface area contributed by atoms with E-state index in [1.165, 1.54) is 22.2 Å². The van der Waals surface area contributed by atoms with Crippen LogP contribution in [0.5, 0.6) is 0 Å². The molecular formula is C20H18N2O2S2. The highest BCUT2D eigenvalue weighted by Crippen LogP contribution is 2.32. The quantitative estimate of drug-likeness (QED) is 0.621. The molecule has 3 rings (SSSR count). The maximum Gasteiger partial charge on any atom is 0.266 e. The molecule has 0 aromatic heterocycles. The Morgan fingerprint density at radius 2 is 1.85 bits per heavy atom. The first kappa shape index (κ1) is 18.4. The van der Waals surface area contributed by atoms with Crippen LogP contribution < -0.4 is 5.32 Å². The second kappa shape index (κ2) is 8.29. The summed E-state index contributed by atoms with van der Waals surface area (Å²) in [5.41, 5.74) is 2.86. The zero-order valence-electron chi connectivity index (χ0n) is 14.3. The van der Waals surface area contributed by atoms with Gasteiger partial charge in [0.1, 0.15) is 4.32 Å². The van der Waals surface area contributed by atoms with Gasteiger partial charge in [-0.25, -0.2) is 0 Å². The first-order valence-electron chi connectivity index (χ1n) is 8.20. The maximum absolute atomic E-state index is 12.6. The highest BCUT2D eigenvalue weighted by atomic mass is 32.2. The zero-order chi connectivity index (χ0) is 18.5. The largest absolute Gasteiger partial charge is 0.326 e. The van der Waals surface area contributed by atoms with E-state index in [0.29, 0.717) is 9.23 Å². The van der Waals surface area contributed by atoms with E-state index in [4.69, 9.17) is 12.2 Å². The number of carbonyl (C=O) groups is 2. The summed E-state index contributed by atoms with van der Waals surface area (Å²) in [6.07, 6.45) is 2.03. The Balaban J connectivity index is 1.60. The monoisotopic (exact) mass is 382 g/mol. The van der Waals surface area contributed by atoms with Crippen molar-refractivity contribution in [1.29, 1.82) is 0 Å². The number of nitrogens with zero attached hydrogens (tertiary/aromatic N) is 1. The van der Waals surface area contributed by atoms with Crippen molar-refractivity contribution in [3.05, 3.63) is 70.6 Å². The number of rotatable bonds is 5. The number of anilines is 1. The first-order chi connectivity index (χ1) is 12.5. The fourth-order valence-corrected chi connectivity index (χ4v) is 3.77. The summed E-state index contributed by atoms with van der Waals surface area (Å²) >= 11 is 6.58. The summed E-state index contributed by atoms with van der Waals surface area (Å²) in [7, 11) is 0. The Kier molecular flexibility index (Phi) is 5.85. The molecule has 1 aliphatic rings. The molecule has 0 saturated carbocycles. The van der Waals surface area contributed by atoms with Gasteiger partial charge < -0.3 is 5.32 Å². The molecule has 4 nitrogen and oxygen atoms in total. The molecule has 6 heteroatoms. The van der Waals surface area contributed by atoms with Gasteiger partial charge in [0.15, 0.2) is 0 Å². The topological polar surface area (TPSA) is 49.4 Å². The van der Waals surface area contributed by atoms with Gasteiger partial charge in [0.05, 0.1) is 4.91 Å². The van der Waals surface area contributed by atoms with Crippen LogP contribution in [0.1, 0.15) is 17.5 Å². The minimum absolute atomic E-state index is 0.145. The minimum atomic E-state index is -0.146. The molecule has 1 saturated heterocycles. The number of hydrogen-bond donors (Lipinski definition) is 1. The number of nitrogens with one attached hydrogen (secondary N) is 1. The van der Waals surface area contributed by atoms with E-state index in [0.717, 1.165) is 11.3 Å². The number of para-hydroxylation sites is 1. The molecule has 132 valence electrons. The van der Waals surface area contributed by atoms with Crippen LogP contribution in [0.3, 0.4) is 0 Å². The van der Waals surface area contributed by atoms with E-state index < -0.39 is 0 Å². The van der Waals surface area contributed by atoms with E-state index in [1.807, 2.05) is 67.6 Å². The van der Waals surface area contributed by atoms with Crippen molar-refractivity contribution >= 4 is 51.9 Å². The predicted molar refractivity (Wildman–Crippen MR) is 111 cm³/mol. The lowest BCUT2D eigenvalue weighted by Crippen LogP contribution is -2.31. The Morgan fingerprint density at radius 1 is 1.15 bits per heavy atom. The molecule has 0 unspecified atom stereocenters. The van der Waals surface area contributed by atoms with E-state index in [9.17, 15) is 9.59 Å². The summed E-state index contributed by atoms with van der Waals surface area (Å²) in [4.78, 5) is 26.7. The van der Waals surface area contributed by atoms with Gasteiger partial charge in [-0.15, -0.1) is 0 Å². The van der Waals surface area contributed by atoms with Crippen LogP contribution >= 0.6 is 24.0 Å². The smallest absolute Gasteiger partial charge is 0.266 e. The lowest BCUT2D eigenvalue weighted by molar-refractivity contribution is -0.122. The Bertz CT molecular complexity index is 861. The molecule has 0 bridgehead atoms. The molecule has 1 fully saturated rings. The van der Waals surface area contributed by atoms with Crippen LogP contribution in [-0.2, 0) is 9.59 Å². The van der Waals surface area contributed by atoms with Crippen LogP contribution in [0.4, 0.5) is 5.69 Å². The summed E-state index contributed by atoms with van der Waals surface area (Å²) in [6, 6.07) is 17.2. The number of carbonyl (C=O) groups excluding carboxylic acids is 2.